The van der Waals surface area contributed by atoms with Crippen LogP contribution in [0.25, 0.3) is 0 Å². The number of carboxylic acids is 1. The molecule has 0 heterocycles. The van der Waals surface area contributed by atoms with Crippen molar-refractivity contribution in [3.8, 4) is 0 Å². The van der Waals surface area contributed by atoms with Crippen molar-refractivity contribution < 1.29 is 32.7 Å². The minimum atomic E-state index is -2.09. The van der Waals surface area contributed by atoms with Gasteiger partial charge in [-0.2, -0.15) is 0 Å². The van der Waals surface area contributed by atoms with Crippen molar-refractivity contribution in [1.82, 2.24) is 0 Å². The van der Waals surface area contributed by atoms with Crippen molar-refractivity contribution >= 4 is 36.9 Å². The molecule has 1 N–H and O–H groups in total. The number of rotatable bonds is 19. The first-order valence-corrected chi connectivity index (χ1v) is 28.5. The van der Waals surface area contributed by atoms with Gasteiger partial charge in [-0.25, -0.2) is 0 Å². The van der Waals surface area contributed by atoms with Crippen LogP contribution in [0.5, 0.6) is 0 Å². The fraction of sp³-hybridized carbons (Fsp3) is 0.762. The second-order valence-corrected chi connectivity index (χ2v) is 34.0. The van der Waals surface area contributed by atoms with Crippen molar-refractivity contribution in [3.63, 3.8) is 0 Å². The minimum absolute atomic E-state index is 0.0161. The lowest BCUT2D eigenvalue weighted by Gasteiger charge is -2.41. The van der Waals surface area contributed by atoms with Gasteiger partial charge >= 0.3 is 11.9 Å². The van der Waals surface area contributed by atoms with E-state index in [1.165, 1.54) is 5.56 Å². The van der Waals surface area contributed by atoms with Gasteiger partial charge in [0.05, 0.1) is 24.7 Å². The molecule has 1 aromatic carbocycles. The van der Waals surface area contributed by atoms with Crippen LogP contribution in [0.2, 0.25) is 54.4 Å². The van der Waals surface area contributed by atoms with Crippen molar-refractivity contribution in [2.45, 2.75) is 186 Å². The van der Waals surface area contributed by atoms with Gasteiger partial charge in [-0.3, -0.25) is 9.59 Å². The van der Waals surface area contributed by atoms with E-state index in [0.29, 0.717) is 18.3 Å². The van der Waals surface area contributed by atoms with Gasteiger partial charge in [0.1, 0.15) is 6.61 Å². The molecule has 0 saturated heterocycles. The Morgan fingerprint density at radius 2 is 1.29 bits per heavy atom. The van der Waals surface area contributed by atoms with Gasteiger partial charge in [-0.1, -0.05) is 105 Å². The molecule has 52 heavy (non-hydrogen) atoms. The van der Waals surface area contributed by atoms with Crippen molar-refractivity contribution in [3.05, 3.63) is 48.0 Å². The van der Waals surface area contributed by atoms with Crippen LogP contribution in [0.3, 0.4) is 0 Å². The lowest BCUT2D eigenvalue weighted by Crippen LogP contribution is -2.45. The molecular formula is C42H76O7Si3. The quantitative estimate of drug-likeness (QED) is 0.0647. The van der Waals surface area contributed by atoms with Gasteiger partial charge in [0.25, 0.3) is 0 Å². The first-order valence-electron chi connectivity index (χ1n) is 19.8. The molecule has 5 atom stereocenters. The fourth-order valence-electron chi connectivity index (χ4n) is 6.14. The molecule has 0 unspecified atom stereocenters. The van der Waals surface area contributed by atoms with E-state index in [1.54, 1.807) is 0 Å². The number of hydrogen-bond donors (Lipinski definition) is 1. The molecule has 0 aromatic heterocycles. The number of aliphatic carboxylic acids is 1. The maximum Gasteiger partial charge on any atom is 0.306 e. The van der Waals surface area contributed by atoms with Gasteiger partial charge < -0.3 is 23.1 Å². The van der Waals surface area contributed by atoms with Crippen molar-refractivity contribution in [2.75, 3.05) is 6.61 Å². The first-order chi connectivity index (χ1) is 23.7. The first kappa shape index (κ1) is 46.6. The molecular weight excluding hydrogens is 701 g/mol. The third-order valence-corrected chi connectivity index (χ3v) is 26.1. The van der Waals surface area contributed by atoms with Gasteiger partial charge in [0.2, 0.25) is 0 Å². The highest BCUT2D eigenvalue weighted by Gasteiger charge is 2.51. The molecule has 10 heteroatoms. The smallest absolute Gasteiger partial charge is 0.306 e. The standard InChI is InChI=1S/C42H76O7Si3/c1-40(2,3)50(10,11)47-35(32-23-19-18-20-24-32)28-27-34-33(25-21-16-17-22-26-39(45)46-30-29-38(43)44)36(48-51(12,13)41(4,5)6)31-37(34)49-52(14,15)42(7,8)9/h16,18-21,23-24,33-37H,17,22,25-31H2,1-15H3,(H,43,44)/b21-16-/t33-,34-,35+,36+,37-/m1/s1. The Morgan fingerprint density at radius 3 is 1.79 bits per heavy atom. The van der Waals surface area contributed by atoms with E-state index in [4.69, 9.17) is 23.1 Å². The van der Waals surface area contributed by atoms with Gasteiger partial charge in [0, 0.05) is 6.42 Å². The second-order valence-electron chi connectivity index (χ2n) is 19.7. The molecule has 1 aliphatic rings. The molecule has 298 valence electrons. The SMILES string of the molecule is CC(C)(C)[Si](C)(C)O[C@@H](CC[C@@H]1[C@@H](C/C=C\CCCC(=O)OCCC(=O)O)[C@@H](O[Si](C)(C)C(C)(C)C)C[C@H]1O[Si](C)(C)C(C)(C)C)c1ccccc1. The number of benzene rings is 1. The summed E-state index contributed by atoms with van der Waals surface area (Å²) in [5, 5.41) is 9.10. The third-order valence-electron chi connectivity index (χ3n) is 12.6. The van der Waals surface area contributed by atoms with Crippen LogP contribution in [0.4, 0.5) is 0 Å². The number of esters is 1. The summed E-state index contributed by atoms with van der Waals surface area (Å²) in [5.41, 5.74) is 1.25. The topological polar surface area (TPSA) is 91.3 Å². The fourth-order valence-corrected chi connectivity index (χ4v) is 10.2. The predicted molar refractivity (Wildman–Crippen MR) is 223 cm³/mol. The highest BCUT2D eigenvalue weighted by Crippen LogP contribution is 2.50. The van der Waals surface area contributed by atoms with E-state index < -0.39 is 30.9 Å². The van der Waals surface area contributed by atoms with Crippen LogP contribution in [0, 0.1) is 11.8 Å². The van der Waals surface area contributed by atoms with Crippen LogP contribution in [0.15, 0.2) is 42.5 Å². The lowest BCUT2D eigenvalue weighted by atomic mass is 9.85. The van der Waals surface area contributed by atoms with Crippen molar-refractivity contribution in [1.29, 1.82) is 0 Å². The molecule has 0 spiro atoms. The van der Waals surface area contributed by atoms with E-state index in [2.05, 4.69) is 144 Å². The molecule has 1 aliphatic carbocycles. The average molecular weight is 777 g/mol. The molecule has 0 bridgehead atoms. The van der Waals surface area contributed by atoms with Crippen LogP contribution in [-0.2, 0) is 27.6 Å². The Balaban J connectivity index is 2.44. The number of hydrogen-bond acceptors (Lipinski definition) is 6. The number of carbonyl (C=O) groups excluding carboxylic acids is 1. The van der Waals surface area contributed by atoms with Crippen LogP contribution in [0.1, 0.15) is 125 Å². The maximum atomic E-state index is 12.1. The largest absolute Gasteiger partial charge is 0.481 e. The molecule has 0 radical (unpaired) electrons. The molecule has 1 fully saturated rings. The highest BCUT2D eigenvalue weighted by atomic mass is 28.4. The lowest BCUT2D eigenvalue weighted by molar-refractivity contribution is -0.146. The van der Waals surface area contributed by atoms with Crippen molar-refractivity contribution in [2.24, 2.45) is 11.8 Å². The summed E-state index contributed by atoms with van der Waals surface area (Å²) in [7, 11) is -6.23. The van der Waals surface area contributed by atoms with Crippen LogP contribution < -0.4 is 0 Å². The Kier molecular flexibility index (Phi) is 16.9. The van der Waals surface area contributed by atoms with E-state index in [-0.39, 0.29) is 58.8 Å². The molecule has 1 saturated carbocycles. The summed E-state index contributed by atoms with van der Waals surface area (Å²) >= 11 is 0. The summed E-state index contributed by atoms with van der Waals surface area (Å²) in [4.78, 5) is 22.8. The highest BCUT2D eigenvalue weighted by molar-refractivity contribution is 6.75. The van der Waals surface area contributed by atoms with E-state index >= 15 is 0 Å². The molecule has 0 aliphatic heterocycles. The number of carboxylic acid groups (broad SMARTS) is 1. The van der Waals surface area contributed by atoms with Gasteiger partial charge in [-0.05, 0) is 110 Å². The Bertz CT molecular complexity index is 1290. The molecule has 0 amide bonds. The average Bonchev–Trinajstić information content (AvgIpc) is 3.29. The van der Waals surface area contributed by atoms with Gasteiger partial charge in [-0.15, -0.1) is 0 Å². The van der Waals surface area contributed by atoms with Crippen LogP contribution in [-0.4, -0.2) is 60.8 Å². The Hall–Kier alpha value is -1.57. The number of carbonyl (C=O) groups is 2. The second kappa shape index (κ2) is 18.8. The maximum absolute atomic E-state index is 12.1. The summed E-state index contributed by atoms with van der Waals surface area (Å²) in [6, 6.07) is 10.8. The third kappa shape index (κ3) is 13.9. The number of unbranched alkanes of at least 4 members (excludes halogenated alkanes) is 1. The summed E-state index contributed by atoms with van der Waals surface area (Å²) in [5.74, 6) is -0.697. The molecule has 2 rings (SSSR count). The molecule has 7 nitrogen and oxygen atoms in total. The summed E-state index contributed by atoms with van der Waals surface area (Å²) < 4.78 is 27.0. The summed E-state index contributed by atoms with van der Waals surface area (Å²) in [6.07, 6.45) is 9.98. The zero-order valence-electron chi connectivity index (χ0n) is 35.7. The predicted octanol–water partition coefficient (Wildman–Crippen LogP) is 12.1. The van der Waals surface area contributed by atoms with E-state index in [0.717, 1.165) is 32.1 Å². The zero-order chi connectivity index (χ0) is 39.8. The minimum Gasteiger partial charge on any atom is -0.481 e. The Morgan fingerprint density at radius 1 is 0.769 bits per heavy atom. The normalized spacial score (nSPS) is 21.4. The zero-order valence-corrected chi connectivity index (χ0v) is 38.7. The van der Waals surface area contributed by atoms with E-state index in [1.807, 2.05) is 0 Å². The summed E-state index contributed by atoms with van der Waals surface area (Å²) in [6.45, 7) is 35.0. The van der Waals surface area contributed by atoms with E-state index in [9.17, 15) is 9.59 Å². The Labute approximate surface area is 321 Å². The van der Waals surface area contributed by atoms with Gasteiger partial charge in [0.15, 0.2) is 25.0 Å². The number of allylic oxidation sites excluding steroid dienone is 2. The van der Waals surface area contributed by atoms with Crippen LogP contribution >= 0.6 is 0 Å². The molecule has 1 aromatic rings. The monoisotopic (exact) mass is 776 g/mol. The number of ether oxygens (including phenoxy) is 1.